The number of carbonyl (C=O) groups excluding carboxylic acids is 3. The fourth-order valence-corrected chi connectivity index (χ4v) is 5.45. The Hall–Kier alpha value is -3.30. The number of piperidine rings is 1. The lowest BCUT2D eigenvalue weighted by atomic mass is 9.98. The summed E-state index contributed by atoms with van der Waals surface area (Å²) in [5, 5.41) is 4.73. The number of nitrogens with one attached hydrogen (secondary N) is 2. The number of benzene rings is 2. The van der Waals surface area contributed by atoms with Gasteiger partial charge in [0.2, 0.25) is 11.8 Å². The van der Waals surface area contributed by atoms with Crippen LogP contribution in [0.15, 0.2) is 36.4 Å². The van der Waals surface area contributed by atoms with Crippen LogP contribution in [0.3, 0.4) is 0 Å². The summed E-state index contributed by atoms with van der Waals surface area (Å²) >= 11 is 0. The Morgan fingerprint density at radius 2 is 1.76 bits per heavy atom. The fraction of sp³-hybridized carbons (Fsp3) is 0.483. The zero-order valence-corrected chi connectivity index (χ0v) is 21.8. The quantitative estimate of drug-likeness (QED) is 0.557. The Balaban J connectivity index is 1.41. The highest BCUT2D eigenvalue weighted by molar-refractivity contribution is 6.06. The molecule has 3 heterocycles. The van der Waals surface area contributed by atoms with Crippen LogP contribution in [0.1, 0.15) is 75.7 Å². The molecule has 38 heavy (non-hydrogen) atoms. The van der Waals surface area contributed by atoms with Crippen molar-refractivity contribution in [3.63, 3.8) is 0 Å². The smallest absolute Gasteiger partial charge is 0.255 e. The molecular formula is C29H35FN4O4. The number of halogens is 1. The van der Waals surface area contributed by atoms with Gasteiger partial charge in [-0.15, -0.1) is 0 Å². The van der Waals surface area contributed by atoms with Crippen LogP contribution in [0.5, 0.6) is 0 Å². The molecule has 2 aromatic carbocycles. The maximum atomic E-state index is 15.8. The molecule has 0 saturated carbocycles. The van der Waals surface area contributed by atoms with E-state index < -0.39 is 60.0 Å². The van der Waals surface area contributed by atoms with Gasteiger partial charge in [0.05, 0.1) is 13.9 Å². The van der Waals surface area contributed by atoms with Gasteiger partial charge in [-0.05, 0) is 46.2 Å². The molecule has 1 unspecified atom stereocenters. The van der Waals surface area contributed by atoms with Gasteiger partial charge in [0.1, 0.15) is 11.9 Å². The molecule has 2 aromatic rings. The molecular weight excluding hydrogens is 487 g/mol. The molecule has 3 aliphatic heterocycles. The van der Waals surface area contributed by atoms with Crippen LogP contribution in [0, 0.1) is 5.82 Å². The summed E-state index contributed by atoms with van der Waals surface area (Å²) in [6, 6.07) is 6.98. The fourth-order valence-electron chi connectivity index (χ4n) is 5.45. The van der Waals surface area contributed by atoms with Gasteiger partial charge in [0.15, 0.2) is 0 Å². The minimum absolute atomic E-state index is 0.0811. The molecule has 2 saturated heterocycles. The van der Waals surface area contributed by atoms with E-state index >= 15 is 4.39 Å². The van der Waals surface area contributed by atoms with E-state index in [9.17, 15) is 14.4 Å². The Morgan fingerprint density at radius 3 is 2.50 bits per heavy atom. The number of imide groups is 1. The molecule has 202 valence electrons. The van der Waals surface area contributed by atoms with Gasteiger partial charge in [-0.1, -0.05) is 24.3 Å². The minimum Gasteiger partial charge on any atom is -0.381 e. The standard InChI is InChI=1S/C29H35FN4O4/c1-28(2)16-33(17-29(3,4)38-28)14-19-8-5-7-18(25(19)30)13-31-22-10-6-9-20-21(22)15-34(27(20)37)23-11-12-24(35)32-26(23)36/h5-10,23,31H,11-17H2,1-4H3,(H,32,35,36)/i11D2,12D2,15D2. The zero-order chi connectivity index (χ0) is 32.6. The third-order valence-electron chi connectivity index (χ3n) is 6.59. The predicted molar refractivity (Wildman–Crippen MR) is 141 cm³/mol. The molecule has 8 nitrogen and oxygen atoms in total. The maximum absolute atomic E-state index is 15.8. The summed E-state index contributed by atoms with van der Waals surface area (Å²) in [5.74, 6) is -4.33. The highest BCUT2D eigenvalue weighted by Crippen LogP contribution is 2.33. The summed E-state index contributed by atoms with van der Waals surface area (Å²) in [6.45, 7) is 6.66. The van der Waals surface area contributed by atoms with Crippen molar-refractivity contribution in [2.24, 2.45) is 0 Å². The first kappa shape index (κ1) is 19.7. The second-order valence-corrected chi connectivity index (χ2v) is 11.0. The third kappa shape index (κ3) is 5.31. The molecule has 0 bridgehead atoms. The zero-order valence-electron chi connectivity index (χ0n) is 27.8. The van der Waals surface area contributed by atoms with E-state index in [-0.39, 0.29) is 23.4 Å². The molecule has 3 aliphatic rings. The lowest BCUT2D eigenvalue weighted by molar-refractivity contribution is -0.182. The first-order valence-corrected chi connectivity index (χ1v) is 12.4. The Bertz CT molecular complexity index is 1530. The molecule has 3 amide bonds. The Morgan fingerprint density at radius 1 is 1.08 bits per heavy atom. The molecule has 5 rings (SSSR count). The van der Waals surface area contributed by atoms with Crippen LogP contribution in [0.25, 0.3) is 0 Å². The topological polar surface area (TPSA) is 91.0 Å². The third-order valence-corrected chi connectivity index (χ3v) is 6.59. The number of fused-ring (bicyclic) bond motifs is 1. The van der Waals surface area contributed by atoms with E-state index in [0.29, 0.717) is 35.7 Å². The highest BCUT2D eigenvalue weighted by atomic mass is 19.1. The molecule has 0 aromatic heterocycles. The highest BCUT2D eigenvalue weighted by Gasteiger charge is 2.40. The number of hydrogen-bond donors (Lipinski definition) is 2. The summed E-state index contributed by atoms with van der Waals surface area (Å²) in [6.07, 6.45) is -6.48. The van der Waals surface area contributed by atoms with Gasteiger partial charge in [-0.2, -0.15) is 0 Å². The van der Waals surface area contributed by atoms with Crippen molar-refractivity contribution in [2.75, 3.05) is 18.4 Å². The van der Waals surface area contributed by atoms with Crippen molar-refractivity contribution >= 4 is 23.4 Å². The predicted octanol–water partition coefficient (Wildman–Crippen LogP) is 3.59. The second kappa shape index (κ2) is 9.78. The summed E-state index contributed by atoms with van der Waals surface area (Å²) in [5.41, 5.74) is -0.323. The van der Waals surface area contributed by atoms with Crippen molar-refractivity contribution in [1.82, 2.24) is 15.1 Å². The van der Waals surface area contributed by atoms with E-state index in [2.05, 4.69) is 10.2 Å². The number of nitrogens with zero attached hydrogens (tertiary/aromatic N) is 2. The van der Waals surface area contributed by atoms with Gasteiger partial charge in [-0.3, -0.25) is 24.6 Å². The van der Waals surface area contributed by atoms with E-state index in [1.54, 1.807) is 23.5 Å². The first-order chi connectivity index (χ1) is 20.2. The number of anilines is 1. The van der Waals surface area contributed by atoms with Crippen LogP contribution in [-0.2, 0) is 33.9 Å². The SMILES string of the molecule is [2H]C1([2H])c2c(NCc3cccc(CN4CC(C)(C)OC(C)(C)C4)c3F)cccc2C(=O)N1C1C(=O)NC(=O)C([2H])([2H])C1([2H])[2H]. The minimum atomic E-state index is -3.25. The molecule has 0 spiro atoms. The molecule has 1 atom stereocenters. The summed E-state index contributed by atoms with van der Waals surface area (Å²) in [7, 11) is 0. The van der Waals surface area contributed by atoms with E-state index in [0.717, 1.165) is 0 Å². The van der Waals surface area contributed by atoms with Gasteiger partial charge in [0.25, 0.3) is 5.91 Å². The van der Waals surface area contributed by atoms with Crippen molar-refractivity contribution in [3.05, 3.63) is 64.5 Å². The first-order valence-electron chi connectivity index (χ1n) is 15.4. The van der Waals surface area contributed by atoms with Crippen molar-refractivity contribution in [3.8, 4) is 0 Å². The average molecular weight is 529 g/mol. The van der Waals surface area contributed by atoms with E-state index in [4.69, 9.17) is 13.0 Å². The largest absolute Gasteiger partial charge is 0.381 e. The van der Waals surface area contributed by atoms with E-state index in [1.807, 2.05) is 27.7 Å². The number of hydrogen-bond acceptors (Lipinski definition) is 6. The van der Waals surface area contributed by atoms with Crippen molar-refractivity contribution in [1.29, 1.82) is 0 Å². The second-order valence-electron chi connectivity index (χ2n) is 11.0. The van der Waals surface area contributed by atoms with Gasteiger partial charge in [0, 0.05) is 72.5 Å². The monoisotopic (exact) mass is 528 g/mol. The summed E-state index contributed by atoms with van der Waals surface area (Å²) in [4.78, 5) is 40.8. The number of amides is 3. The van der Waals surface area contributed by atoms with E-state index in [1.165, 1.54) is 18.2 Å². The molecule has 9 heteroatoms. The van der Waals surface area contributed by atoms with Crippen LogP contribution in [0.4, 0.5) is 10.1 Å². The van der Waals surface area contributed by atoms with Crippen LogP contribution in [0.2, 0.25) is 0 Å². The molecule has 2 fully saturated rings. The normalized spacial score (nSPS) is 29.1. The van der Waals surface area contributed by atoms with Gasteiger partial charge >= 0.3 is 0 Å². The van der Waals surface area contributed by atoms with Crippen LogP contribution in [-0.4, -0.2) is 57.9 Å². The Kier molecular flexibility index (Phi) is 5.08. The van der Waals surface area contributed by atoms with Crippen molar-refractivity contribution in [2.45, 2.75) is 77.3 Å². The molecule has 2 N–H and O–H groups in total. The Labute approximate surface area is 230 Å². The van der Waals surface area contributed by atoms with Gasteiger partial charge < -0.3 is 15.0 Å². The number of rotatable bonds is 6. The van der Waals surface area contributed by atoms with Crippen LogP contribution < -0.4 is 10.6 Å². The lowest BCUT2D eigenvalue weighted by Gasteiger charge is -2.47. The van der Waals surface area contributed by atoms with Crippen molar-refractivity contribution < 1.29 is 31.7 Å². The number of ether oxygens (including phenoxy) is 1. The van der Waals surface area contributed by atoms with Gasteiger partial charge in [-0.25, -0.2) is 4.39 Å². The lowest BCUT2D eigenvalue weighted by Crippen LogP contribution is -2.56. The maximum Gasteiger partial charge on any atom is 0.255 e. The van der Waals surface area contributed by atoms with Crippen LogP contribution >= 0.6 is 0 Å². The molecule has 0 aliphatic carbocycles. The average Bonchev–Trinajstić information content (AvgIpc) is 3.07. The summed E-state index contributed by atoms with van der Waals surface area (Å²) < 4.78 is 72.0. The number of carbonyl (C=O) groups is 3. The number of morpholine rings is 1. The molecule has 0 radical (unpaired) electrons.